The van der Waals surface area contributed by atoms with E-state index < -0.39 is 0 Å². The second-order valence-electron chi connectivity index (χ2n) is 2.40. The summed E-state index contributed by atoms with van der Waals surface area (Å²) in [7, 11) is 0. The first-order valence-electron chi connectivity index (χ1n) is 3.74. The maximum absolute atomic E-state index is 3.76. The summed E-state index contributed by atoms with van der Waals surface area (Å²) in [5, 5.41) is 0. The zero-order chi connectivity index (χ0) is 8.81. The van der Waals surface area contributed by atoms with Crippen molar-refractivity contribution in [1.82, 2.24) is 0 Å². The van der Waals surface area contributed by atoms with Crippen molar-refractivity contribution in [3.05, 3.63) is 48.6 Å². The Balaban J connectivity index is 0.000000120. The van der Waals surface area contributed by atoms with Crippen LogP contribution in [0.3, 0.4) is 0 Å². The van der Waals surface area contributed by atoms with Gasteiger partial charge in [0.2, 0.25) is 0 Å². The molecule has 2 rings (SSSR count). The van der Waals surface area contributed by atoms with Crippen molar-refractivity contribution < 1.29 is 32.0 Å². The van der Waals surface area contributed by atoms with Crippen molar-refractivity contribution in [2.45, 2.75) is 9.63 Å². The molecule has 0 saturated heterocycles. The first-order valence-corrected chi connectivity index (χ1v) is 5.02. The molecule has 0 heterocycles. The summed E-state index contributed by atoms with van der Waals surface area (Å²) in [6.45, 7) is 0. The molecule has 0 radical (unpaired) electrons. The number of allylic oxidation sites excluding steroid dienone is 8. The van der Waals surface area contributed by atoms with E-state index >= 15 is 0 Å². The summed E-state index contributed by atoms with van der Waals surface area (Å²) in [6, 6.07) is 0. The molecule has 0 atom stereocenters. The normalized spacial score (nSPS) is 20.2. The fourth-order valence-corrected chi connectivity index (χ4v) is 1.29. The van der Waals surface area contributed by atoms with Gasteiger partial charge in [0.1, 0.15) is 0 Å². The predicted octanol–water partition coefficient (Wildman–Crippen LogP) is 2.90. The second-order valence-corrected chi connectivity index (χ2v) is 3.87. The fourth-order valence-electron chi connectivity index (χ4n) is 0.799. The molecule has 12 heavy (non-hydrogen) atoms. The van der Waals surface area contributed by atoms with Gasteiger partial charge in [0, 0.05) is 0 Å². The number of rotatable bonds is 0. The minimum atomic E-state index is 0.435. The topological polar surface area (TPSA) is 0 Å². The van der Waals surface area contributed by atoms with E-state index in [2.05, 4.69) is 56.3 Å². The Morgan fingerprint density at radius 2 is 0.833 bits per heavy atom. The van der Waals surface area contributed by atoms with Crippen LogP contribution < -0.4 is 0 Å². The van der Waals surface area contributed by atoms with E-state index in [1.807, 2.05) is 24.3 Å². The van der Waals surface area contributed by atoms with Crippen LogP contribution in [-0.4, -0.2) is 0 Å². The second kappa shape index (κ2) is 5.61. The van der Waals surface area contributed by atoms with Crippen molar-refractivity contribution >= 4 is 0 Å². The molecule has 0 aromatic carbocycles. The van der Waals surface area contributed by atoms with Crippen LogP contribution in [0.2, 0.25) is 9.63 Å². The third-order valence-electron chi connectivity index (χ3n) is 1.38. The van der Waals surface area contributed by atoms with Crippen molar-refractivity contribution in [3.8, 4) is 0 Å². The monoisotopic (exact) mass is 242 g/mol. The standard InChI is InChI=1S/2C5H5.2Fe/c2*1-2-4-5-3-1;;/h2*1-5H;;. The van der Waals surface area contributed by atoms with Crippen molar-refractivity contribution in [3.63, 3.8) is 0 Å². The van der Waals surface area contributed by atoms with Crippen LogP contribution in [0.5, 0.6) is 0 Å². The van der Waals surface area contributed by atoms with E-state index in [1.165, 1.54) is 0 Å². The first kappa shape index (κ1) is 10.1. The molecule has 0 unspecified atom stereocenters. The Kier molecular flexibility index (Phi) is 4.71. The third kappa shape index (κ3) is 4.13. The Hall–Kier alpha value is -0.00104. The Labute approximate surface area is 90.1 Å². The molecule has 0 nitrogen and oxygen atoms in total. The van der Waals surface area contributed by atoms with Gasteiger partial charge in [-0.25, -0.2) is 0 Å². The molecule has 0 aromatic heterocycles. The maximum atomic E-state index is 3.76. The van der Waals surface area contributed by atoms with Gasteiger partial charge in [-0.15, -0.1) is 0 Å². The molecule has 0 amide bonds. The van der Waals surface area contributed by atoms with Gasteiger partial charge in [-0.05, 0) is 0 Å². The van der Waals surface area contributed by atoms with Gasteiger partial charge in [0.25, 0.3) is 0 Å². The van der Waals surface area contributed by atoms with Crippen LogP contribution in [-0.2, 0) is 32.0 Å². The fraction of sp³-hybridized carbons (Fsp3) is 0.200. The van der Waals surface area contributed by atoms with E-state index in [1.54, 1.807) is 0 Å². The molecular weight excluding hydrogens is 232 g/mol. The summed E-state index contributed by atoms with van der Waals surface area (Å²) in [5.74, 6) is 0. The van der Waals surface area contributed by atoms with Gasteiger partial charge >= 0.3 is 90.3 Å². The molecule has 2 aliphatic rings. The zero-order valence-electron chi connectivity index (χ0n) is 6.48. The molecule has 0 N–H and O–H groups in total. The van der Waals surface area contributed by atoms with E-state index in [0.29, 0.717) is 9.63 Å². The van der Waals surface area contributed by atoms with E-state index in [-0.39, 0.29) is 0 Å². The van der Waals surface area contributed by atoms with Gasteiger partial charge in [-0.3, -0.25) is 0 Å². The van der Waals surface area contributed by atoms with Gasteiger partial charge in [0.05, 0.1) is 0 Å². The predicted molar refractivity (Wildman–Crippen MR) is 44.1 cm³/mol. The van der Waals surface area contributed by atoms with Crippen LogP contribution in [0.25, 0.3) is 0 Å². The Morgan fingerprint density at radius 3 is 0.917 bits per heavy atom. The molecule has 0 aliphatic heterocycles. The first-order chi connectivity index (χ1) is 5.79. The third-order valence-corrected chi connectivity index (χ3v) is 2.23. The summed E-state index contributed by atoms with van der Waals surface area (Å²) in [5.41, 5.74) is 0. The van der Waals surface area contributed by atoms with Crippen molar-refractivity contribution in [1.29, 1.82) is 0 Å². The number of hydrogen-bond acceptors (Lipinski definition) is 0. The van der Waals surface area contributed by atoms with Crippen LogP contribution in [0.4, 0.5) is 0 Å². The summed E-state index contributed by atoms with van der Waals surface area (Å²) in [6.07, 6.45) is 16.3. The average Bonchev–Trinajstić information content (AvgIpc) is 2.63. The van der Waals surface area contributed by atoms with Crippen LogP contribution in [0, 0.1) is 0 Å². The molecule has 0 fully saturated rings. The van der Waals surface area contributed by atoms with Gasteiger partial charge in [-0.2, -0.15) is 0 Å². The van der Waals surface area contributed by atoms with Crippen LogP contribution >= 0.6 is 0 Å². The molecule has 66 valence electrons. The Bertz CT molecular complexity index is 186. The molecular formula is C10H10Fe2. The zero-order valence-corrected chi connectivity index (χ0v) is 8.69. The number of hydrogen-bond donors (Lipinski definition) is 0. The van der Waals surface area contributed by atoms with E-state index in [4.69, 9.17) is 0 Å². The van der Waals surface area contributed by atoms with Crippen molar-refractivity contribution in [2.24, 2.45) is 0 Å². The van der Waals surface area contributed by atoms with E-state index in [9.17, 15) is 0 Å². The van der Waals surface area contributed by atoms with E-state index in [0.717, 1.165) is 0 Å². The van der Waals surface area contributed by atoms with Crippen LogP contribution in [0.15, 0.2) is 48.6 Å². The van der Waals surface area contributed by atoms with Crippen molar-refractivity contribution in [2.75, 3.05) is 0 Å². The summed E-state index contributed by atoms with van der Waals surface area (Å²) in [4.78, 5) is 0.870. The summed E-state index contributed by atoms with van der Waals surface area (Å²) >= 11 is 7.53. The molecule has 2 heteroatoms. The van der Waals surface area contributed by atoms with Gasteiger partial charge in [-0.1, -0.05) is 0 Å². The quantitative estimate of drug-likeness (QED) is 0.573. The van der Waals surface area contributed by atoms with Gasteiger partial charge in [0.15, 0.2) is 0 Å². The molecule has 0 spiro atoms. The molecule has 2 aliphatic carbocycles. The minimum absolute atomic E-state index is 0.435. The van der Waals surface area contributed by atoms with Crippen LogP contribution in [0.1, 0.15) is 0 Å². The summed E-state index contributed by atoms with van der Waals surface area (Å²) < 4.78 is 0. The SMILES string of the molecule is [Fe][CH]1C=CC=C1.[Fe][CH]1C=CC=C1. The molecule has 0 bridgehead atoms. The average molecular weight is 242 g/mol. The Morgan fingerprint density at radius 1 is 0.583 bits per heavy atom. The van der Waals surface area contributed by atoms with Gasteiger partial charge < -0.3 is 0 Å². The molecule has 0 aromatic rings. The molecule has 0 saturated carbocycles.